The van der Waals surface area contributed by atoms with E-state index in [1.807, 2.05) is 25.1 Å². The summed E-state index contributed by atoms with van der Waals surface area (Å²) in [6.45, 7) is 3.39. The van der Waals surface area contributed by atoms with Crippen LogP contribution in [0, 0.1) is 6.92 Å². The first-order valence-corrected chi connectivity index (χ1v) is 4.30. The normalized spacial score (nSPS) is 13.0. The molecule has 0 aliphatic carbocycles. The molecular weight excluding hydrogens is 180 g/mol. The Hall–Kier alpha value is -1.71. The Bertz CT molecular complexity index is 361. The minimum absolute atomic E-state index is 0.709. The van der Waals surface area contributed by atoms with Gasteiger partial charge in [0.25, 0.3) is 0 Å². The summed E-state index contributed by atoms with van der Waals surface area (Å²) < 4.78 is 0. The van der Waals surface area contributed by atoms with Crippen molar-refractivity contribution in [1.82, 2.24) is 0 Å². The summed E-state index contributed by atoms with van der Waals surface area (Å²) in [4.78, 5) is 10.5. The highest BCUT2D eigenvalue weighted by Crippen LogP contribution is 2.17. The van der Waals surface area contributed by atoms with Gasteiger partial charge in [-0.3, -0.25) is 0 Å². The number of hydrogen-bond acceptors (Lipinski definition) is 3. The van der Waals surface area contributed by atoms with E-state index in [1.165, 1.54) is 6.92 Å². The molecule has 4 heteroatoms. The Labute approximate surface area is 82.3 Å². The summed E-state index contributed by atoms with van der Waals surface area (Å²) in [5, 5.41) is 16.1. The molecule has 0 spiro atoms. The lowest BCUT2D eigenvalue weighted by Crippen LogP contribution is -2.11. The van der Waals surface area contributed by atoms with Gasteiger partial charge in [-0.15, -0.1) is 0 Å². The molecule has 1 N–H and O–H groups in total. The lowest BCUT2D eigenvalue weighted by atomic mass is 10.2. The van der Waals surface area contributed by atoms with Crippen LogP contribution in [0.25, 0.3) is 0 Å². The molecule has 1 unspecified atom stereocenters. The average Bonchev–Trinajstić information content (AvgIpc) is 2.16. The van der Waals surface area contributed by atoms with Crippen LogP contribution in [0.3, 0.4) is 0 Å². The highest BCUT2D eigenvalue weighted by atomic mass is 16.4. The smallest absolute Gasteiger partial charge is 0.330 e. The number of rotatable bonds is 3. The first-order valence-electron chi connectivity index (χ1n) is 4.30. The first kappa shape index (κ1) is 10.4. The van der Waals surface area contributed by atoms with Gasteiger partial charge < -0.3 is 5.11 Å². The van der Waals surface area contributed by atoms with Gasteiger partial charge in [-0.25, -0.2) is 4.79 Å². The molecule has 0 fully saturated rings. The van der Waals surface area contributed by atoms with E-state index in [-0.39, 0.29) is 0 Å². The van der Waals surface area contributed by atoms with Gasteiger partial charge in [-0.05, 0) is 25.5 Å². The second-order valence-corrected chi connectivity index (χ2v) is 3.02. The van der Waals surface area contributed by atoms with Crippen LogP contribution in [0.2, 0.25) is 0 Å². The second-order valence-electron chi connectivity index (χ2n) is 3.02. The van der Waals surface area contributed by atoms with Crippen molar-refractivity contribution in [2.24, 2.45) is 10.2 Å². The van der Waals surface area contributed by atoms with E-state index >= 15 is 0 Å². The third-order valence-electron chi connectivity index (χ3n) is 1.81. The lowest BCUT2D eigenvalue weighted by Gasteiger charge is -1.99. The maximum Gasteiger partial charge on any atom is 0.330 e. The van der Waals surface area contributed by atoms with Gasteiger partial charge in [-0.2, -0.15) is 10.2 Å². The van der Waals surface area contributed by atoms with E-state index in [0.717, 1.165) is 5.56 Å². The third-order valence-corrected chi connectivity index (χ3v) is 1.81. The Balaban J connectivity index is 2.78. The minimum Gasteiger partial charge on any atom is -0.480 e. The van der Waals surface area contributed by atoms with Crippen molar-refractivity contribution in [3.05, 3.63) is 29.8 Å². The highest BCUT2D eigenvalue weighted by Gasteiger charge is 2.07. The van der Waals surface area contributed by atoms with Gasteiger partial charge in [0.05, 0.1) is 5.69 Å². The van der Waals surface area contributed by atoms with Crippen LogP contribution in [-0.2, 0) is 4.79 Å². The van der Waals surface area contributed by atoms with Crippen molar-refractivity contribution in [3.8, 4) is 0 Å². The average molecular weight is 192 g/mol. The predicted molar refractivity (Wildman–Crippen MR) is 52.8 cm³/mol. The van der Waals surface area contributed by atoms with Crippen molar-refractivity contribution in [2.45, 2.75) is 19.9 Å². The molecule has 1 aromatic carbocycles. The number of nitrogens with zero attached hydrogens (tertiary/aromatic N) is 2. The van der Waals surface area contributed by atoms with Crippen molar-refractivity contribution >= 4 is 11.7 Å². The molecule has 0 aliphatic rings. The standard InChI is InChI=1S/C10H12N2O2/c1-7-5-3-4-6-9(7)12-11-8(2)10(13)14/h3-6,8H,1-2H3,(H,13,14). The van der Waals surface area contributed by atoms with Crippen molar-refractivity contribution in [3.63, 3.8) is 0 Å². The van der Waals surface area contributed by atoms with Gasteiger partial charge in [0, 0.05) is 0 Å². The zero-order valence-corrected chi connectivity index (χ0v) is 8.14. The molecule has 0 saturated heterocycles. The lowest BCUT2D eigenvalue weighted by molar-refractivity contribution is -0.138. The van der Waals surface area contributed by atoms with Gasteiger partial charge in [0.1, 0.15) is 0 Å². The Morgan fingerprint density at radius 2 is 2.07 bits per heavy atom. The highest BCUT2D eigenvalue weighted by molar-refractivity contribution is 5.72. The molecule has 0 aliphatic heterocycles. The number of aliphatic carboxylic acids is 1. The van der Waals surface area contributed by atoms with Crippen LogP contribution < -0.4 is 0 Å². The van der Waals surface area contributed by atoms with Crippen molar-refractivity contribution < 1.29 is 9.90 Å². The molecular formula is C10H12N2O2. The van der Waals surface area contributed by atoms with Crippen LogP contribution in [0.5, 0.6) is 0 Å². The van der Waals surface area contributed by atoms with Crippen LogP contribution in [-0.4, -0.2) is 17.1 Å². The maximum absolute atomic E-state index is 10.5. The van der Waals surface area contributed by atoms with Gasteiger partial charge in [-0.1, -0.05) is 18.2 Å². The molecule has 0 aromatic heterocycles. The molecule has 0 bridgehead atoms. The number of carboxylic acids is 1. The second kappa shape index (κ2) is 4.50. The summed E-state index contributed by atoms with van der Waals surface area (Å²) >= 11 is 0. The number of hydrogen-bond donors (Lipinski definition) is 1. The van der Waals surface area contributed by atoms with Crippen LogP contribution in [0.1, 0.15) is 12.5 Å². The van der Waals surface area contributed by atoms with Crippen molar-refractivity contribution in [1.29, 1.82) is 0 Å². The zero-order chi connectivity index (χ0) is 10.6. The maximum atomic E-state index is 10.5. The largest absolute Gasteiger partial charge is 0.480 e. The SMILES string of the molecule is Cc1ccccc1N=NC(C)C(=O)O. The summed E-state index contributed by atoms with van der Waals surface area (Å²) in [5.74, 6) is -0.970. The fourth-order valence-electron chi connectivity index (χ4n) is 0.874. The molecule has 1 rings (SSSR count). The number of azo groups is 1. The summed E-state index contributed by atoms with van der Waals surface area (Å²) in [5.41, 5.74) is 1.69. The van der Waals surface area contributed by atoms with Gasteiger partial charge >= 0.3 is 5.97 Å². The molecule has 4 nitrogen and oxygen atoms in total. The fourth-order valence-corrected chi connectivity index (χ4v) is 0.874. The Morgan fingerprint density at radius 3 is 2.64 bits per heavy atom. The van der Waals surface area contributed by atoms with E-state index in [2.05, 4.69) is 10.2 Å². The first-order chi connectivity index (χ1) is 6.61. The fraction of sp³-hybridized carbons (Fsp3) is 0.300. The van der Waals surface area contributed by atoms with E-state index in [4.69, 9.17) is 5.11 Å². The number of carboxylic acid groups (broad SMARTS) is 1. The van der Waals surface area contributed by atoms with Gasteiger partial charge in [0.2, 0.25) is 0 Å². The molecule has 0 saturated carbocycles. The number of carbonyl (C=O) groups is 1. The zero-order valence-electron chi connectivity index (χ0n) is 8.14. The molecule has 14 heavy (non-hydrogen) atoms. The number of aryl methyl sites for hydroxylation is 1. The molecule has 74 valence electrons. The van der Waals surface area contributed by atoms with Gasteiger partial charge in [0.15, 0.2) is 6.04 Å². The van der Waals surface area contributed by atoms with Crippen molar-refractivity contribution in [2.75, 3.05) is 0 Å². The van der Waals surface area contributed by atoms with Crippen LogP contribution >= 0.6 is 0 Å². The van der Waals surface area contributed by atoms with Crippen LogP contribution in [0.4, 0.5) is 5.69 Å². The van der Waals surface area contributed by atoms with E-state index < -0.39 is 12.0 Å². The topological polar surface area (TPSA) is 62.0 Å². The quantitative estimate of drug-likeness (QED) is 0.748. The van der Waals surface area contributed by atoms with E-state index in [1.54, 1.807) is 6.07 Å². The molecule has 1 aromatic rings. The summed E-state index contributed by atoms with van der Waals surface area (Å²) in [7, 11) is 0. The molecule has 0 heterocycles. The molecule has 0 amide bonds. The number of benzene rings is 1. The molecule has 1 atom stereocenters. The summed E-state index contributed by atoms with van der Waals surface area (Å²) in [6.07, 6.45) is 0. The molecule has 0 radical (unpaired) electrons. The predicted octanol–water partition coefficient (Wildman–Crippen LogP) is 2.55. The Kier molecular flexibility index (Phi) is 3.34. The monoisotopic (exact) mass is 192 g/mol. The summed E-state index contributed by atoms with van der Waals surface area (Å²) in [6, 6.07) is 6.64. The van der Waals surface area contributed by atoms with E-state index in [9.17, 15) is 4.79 Å². The minimum atomic E-state index is -0.970. The third kappa shape index (κ3) is 2.65. The van der Waals surface area contributed by atoms with Crippen LogP contribution in [0.15, 0.2) is 34.5 Å². The Morgan fingerprint density at radius 1 is 1.43 bits per heavy atom. The van der Waals surface area contributed by atoms with E-state index in [0.29, 0.717) is 5.69 Å².